The van der Waals surface area contributed by atoms with Crippen molar-refractivity contribution in [1.29, 1.82) is 0 Å². The second-order valence-corrected chi connectivity index (χ2v) is 4.24. The molecule has 0 aliphatic heterocycles. The Morgan fingerprint density at radius 2 is 1.88 bits per heavy atom. The predicted octanol–water partition coefficient (Wildman–Crippen LogP) is 3.09. The van der Waals surface area contributed by atoms with E-state index in [0.717, 1.165) is 17.3 Å². The van der Waals surface area contributed by atoms with E-state index in [1.165, 1.54) is 11.1 Å². The van der Waals surface area contributed by atoms with Crippen molar-refractivity contribution >= 4 is 11.6 Å². The number of aromatic nitrogens is 2. The molecule has 0 atom stereocenters. The highest BCUT2D eigenvalue weighted by atomic mass is 15.2. The van der Waals surface area contributed by atoms with Gasteiger partial charge in [-0.1, -0.05) is 6.07 Å². The topological polar surface area (TPSA) is 29.9 Å². The van der Waals surface area contributed by atoms with Crippen LogP contribution in [-0.2, 0) is 7.05 Å². The molecule has 1 heterocycles. The second kappa shape index (κ2) is 4.00. The van der Waals surface area contributed by atoms with Crippen LogP contribution in [0.1, 0.15) is 16.8 Å². The fourth-order valence-electron chi connectivity index (χ4n) is 1.68. The minimum Gasteiger partial charge on any atom is -0.326 e. The Morgan fingerprint density at radius 1 is 1.12 bits per heavy atom. The number of nitrogens with zero attached hydrogens (tertiary/aromatic N) is 2. The SMILES string of the molecule is Cc1cn(C)c(Nc2ccc(C)c(C)c2)n1. The molecule has 2 aromatic rings. The van der Waals surface area contributed by atoms with E-state index in [1.807, 2.05) is 24.7 Å². The Morgan fingerprint density at radius 3 is 2.44 bits per heavy atom. The molecular formula is C13H17N3. The Labute approximate surface area is 96.1 Å². The second-order valence-electron chi connectivity index (χ2n) is 4.24. The zero-order chi connectivity index (χ0) is 11.7. The zero-order valence-electron chi connectivity index (χ0n) is 10.2. The van der Waals surface area contributed by atoms with Crippen LogP contribution in [0.3, 0.4) is 0 Å². The normalized spacial score (nSPS) is 10.5. The molecule has 1 N–H and O–H groups in total. The first kappa shape index (κ1) is 10.7. The van der Waals surface area contributed by atoms with Gasteiger partial charge in [-0.3, -0.25) is 0 Å². The lowest BCUT2D eigenvalue weighted by molar-refractivity contribution is 0.923. The van der Waals surface area contributed by atoms with Gasteiger partial charge in [0.05, 0.1) is 5.69 Å². The van der Waals surface area contributed by atoms with Gasteiger partial charge in [-0.25, -0.2) is 4.98 Å². The number of rotatable bonds is 2. The van der Waals surface area contributed by atoms with E-state index in [9.17, 15) is 0 Å². The van der Waals surface area contributed by atoms with Crippen LogP contribution in [0.5, 0.6) is 0 Å². The van der Waals surface area contributed by atoms with Crippen LogP contribution in [-0.4, -0.2) is 9.55 Å². The highest BCUT2D eigenvalue weighted by Gasteiger charge is 2.03. The highest BCUT2D eigenvalue weighted by Crippen LogP contribution is 2.18. The minimum absolute atomic E-state index is 0.876. The third-order valence-corrected chi connectivity index (χ3v) is 2.76. The number of benzene rings is 1. The average Bonchev–Trinajstić information content (AvgIpc) is 2.51. The molecule has 0 radical (unpaired) electrons. The first-order valence-corrected chi connectivity index (χ1v) is 5.40. The molecule has 0 bridgehead atoms. The van der Waals surface area contributed by atoms with Crippen molar-refractivity contribution in [2.24, 2.45) is 7.05 Å². The number of anilines is 2. The summed E-state index contributed by atoms with van der Waals surface area (Å²) >= 11 is 0. The van der Waals surface area contributed by atoms with Gasteiger partial charge in [0, 0.05) is 18.9 Å². The maximum atomic E-state index is 4.41. The molecule has 3 nitrogen and oxygen atoms in total. The lowest BCUT2D eigenvalue weighted by Gasteiger charge is -2.08. The third kappa shape index (κ3) is 2.08. The molecule has 2 rings (SSSR count). The van der Waals surface area contributed by atoms with Crippen LogP contribution < -0.4 is 5.32 Å². The van der Waals surface area contributed by atoms with Gasteiger partial charge in [-0.15, -0.1) is 0 Å². The molecule has 16 heavy (non-hydrogen) atoms. The standard InChI is InChI=1S/C13H17N3/c1-9-5-6-12(7-10(9)2)15-13-14-11(3)8-16(13)4/h5-8H,1-4H3,(H,14,15). The summed E-state index contributed by atoms with van der Waals surface area (Å²) in [6.07, 6.45) is 2.00. The minimum atomic E-state index is 0.876. The van der Waals surface area contributed by atoms with Crippen LogP contribution in [0.15, 0.2) is 24.4 Å². The fourth-order valence-corrected chi connectivity index (χ4v) is 1.68. The molecule has 0 aliphatic carbocycles. The van der Waals surface area contributed by atoms with Crippen molar-refractivity contribution in [1.82, 2.24) is 9.55 Å². The lowest BCUT2D eigenvalue weighted by atomic mass is 10.1. The van der Waals surface area contributed by atoms with E-state index in [1.54, 1.807) is 0 Å². The summed E-state index contributed by atoms with van der Waals surface area (Å²) in [4.78, 5) is 4.41. The first-order valence-electron chi connectivity index (χ1n) is 5.40. The predicted molar refractivity (Wildman–Crippen MR) is 67.1 cm³/mol. The molecule has 0 amide bonds. The van der Waals surface area contributed by atoms with Gasteiger partial charge in [0.1, 0.15) is 0 Å². The van der Waals surface area contributed by atoms with E-state index in [0.29, 0.717) is 0 Å². The summed E-state index contributed by atoms with van der Waals surface area (Å²) in [5, 5.41) is 3.31. The van der Waals surface area contributed by atoms with Crippen LogP contribution >= 0.6 is 0 Å². The van der Waals surface area contributed by atoms with Crippen molar-refractivity contribution in [2.75, 3.05) is 5.32 Å². The summed E-state index contributed by atoms with van der Waals surface area (Å²) in [6.45, 7) is 6.22. The monoisotopic (exact) mass is 215 g/mol. The molecule has 0 saturated carbocycles. The van der Waals surface area contributed by atoms with Crippen molar-refractivity contribution in [3.63, 3.8) is 0 Å². The van der Waals surface area contributed by atoms with Crippen molar-refractivity contribution in [2.45, 2.75) is 20.8 Å². The first-order chi connectivity index (χ1) is 7.56. The van der Waals surface area contributed by atoms with Crippen molar-refractivity contribution < 1.29 is 0 Å². The van der Waals surface area contributed by atoms with Gasteiger partial charge in [0.15, 0.2) is 0 Å². The quantitative estimate of drug-likeness (QED) is 0.834. The number of nitrogens with one attached hydrogen (secondary N) is 1. The molecule has 0 saturated heterocycles. The number of hydrogen-bond donors (Lipinski definition) is 1. The smallest absolute Gasteiger partial charge is 0.207 e. The largest absolute Gasteiger partial charge is 0.326 e. The van der Waals surface area contributed by atoms with E-state index in [2.05, 4.69) is 42.3 Å². The number of aryl methyl sites for hydroxylation is 4. The highest BCUT2D eigenvalue weighted by molar-refractivity contribution is 5.56. The molecule has 3 heteroatoms. The Balaban J connectivity index is 2.27. The summed E-state index contributed by atoms with van der Waals surface area (Å²) in [5.41, 5.74) is 4.70. The van der Waals surface area contributed by atoms with Crippen LogP contribution in [0.4, 0.5) is 11.6 Å². The summed E-state index contributed by atoms with van der Waals surface area (Å²) < 4.78 is 1.99. The van der Waals surface area contributed by atoms with Gasteiger partial charge in [0.2, 0.25) is 5.95 Å². The average molecular weight is 215 g/mol. The van der Waals surface area contributed by atoms with Crippen LogP contribution in [0, 0.1) is 20.8 Å². The molecule has 84 valence electrons. The number of hydrogen-bond acceptors (Lipinski definition) is 2. The molecule has 1 aromatic heterocycles. The molecular weight excluding hydrogens is 198 g/mol. The molecule has 0 spiro atoms. The molecule has 1 aromatic carbocycles. The van der Waals surface area contributed by atoms with Gasteiger partial charge in [-0.2, -0.15) is 0 Å². The summed E-state index contributed by atoms with van der Waals surface area (Å²) in [5.74, 6) is 0.876. The van der Waals surface area contributed by atoms with Gasteiger partial charge < -0.3 is 9.88 Å². The van der Waals surface area contributed by atoms with Gasteiger partial charge in [-0.05, 0) is 44.0 Å². The Bertz CT molecular complexity index is 512. The van der Waals surface area contributed by atoms with E-state index < -0.39 is 0 Å². The van der Waals surface area contributed by atoms with Gasteiger partial charge >= 0.3 is 0 Å². The van der Waals surface area contributed by atoms with Crippen LogP contribution in [0.25, 0.3) is 0 Å². The summed E-state index contributed by atoms with van der Waals surface area (Å²) in [7, 11) is 1.99. The third-order valence-electron chi connectivity index (χ3n) is 2.76. The van der Waals surface area contributed by atoms with Gasteiger partial charge in [0.25, 0.3) is 0 Å². The molecule has 0 fully saturated rings. The maximum absolute atomic E-state index is 4.41. The molecule has 0 unspecified atom stereocenters. The van der Waals surface area contributed by atoms with Crippen molar-refractivity contribution in [3.8, 4) is 0 Å². The van der Waals surface area contributed by atoms with E-state index in [4.69, 9.17) is 0 Å². The van der Waals surface area contributed by atoms with E-state index in [-0.39, 0.29) is 0 Å². The number of imidazole rings is 1. The van der Waals surface area contributed by atoms with E-state index >= 15 is 0 Å². The lowest BCUT2D eigenvalue weighted by Crippen LogP contribution is -1.98. The van der Waals surface area contributed by atoms with Crippen LogP contribution in [0.2, 0.25) is 0 Å². The summed E-state index contributed by atoms with van der Waals surface area (Å²) in [6, 6.07) is 6.33. The Kier molecular flexibility index (Phi) is 2.69. The fraction of sp³-hybridized carbons (Fsp3) is 0.308. The maximum Gasteiger partial charge on any atom is 0.207 e. The Hall–Kier alpha value is -1.77. The van der Waals surface area contributed by atoms with Crippen molar-refractivity contribution in [3.05, 3.63) is 41.2 Å². The molecule has 0 aliphatic rings. The zero-order valence-corrected chi connectivity index (χ0v) is 10.2.